The minimum atomic E-state index is 0.859. The van der Waals surface area contributed by atoms with Crippen LogP contribution in [-0.4, -0.2) is 25.0 Å². The van der Waals surface area contributed by atoms with E-state index in [1.807, 2.05) is 24.5 Å². The minimum Gasteiger partial charge on any atom is -0.346 e. The molecular formula is C9H7N5. The van der Waals surface area contributed by atoms with E-state index in [0.717, 1.165) is 16.7 Å². The summed E-state index contributed by atoms with van der Waals surface area (Å²) in [5, 5.41) is 8.75. The molecule has 14 heavy (non-hydrogen) atoms. The summed E-state index contributed by atoms with van der Waals surface area (Å²) in [4.78, 5) is 7.24. The highest BCUT2D eigenvalue weighted by molar-refractivity contribution is 5.84. The molecule has 3 rings (SSSR count). The number of hydrogen-bond donors (Lipinski definition) is 1. The minimum absolute atomic E-state index is 0.859. The Morgan fingerprint density at radius 2 is 2.21 bits per heavy atom. The van der Waals surface area contributed by atoms with Gasteiger partial charge in [0.05, 0.1) is 18.1 Å². The highest BCUT2D eigenvalue weighted by Gasteiger charge is 2.04. The van der Waals surface area contributed by atoms with Crippen molar-refractivity contribution in [3.63, 3.8) is 0 Å². The van der Waals surface area contributed by atoms with E-state index in [1.54, 1.807) is 17.1 Å². The molecule has 0 radical (unpaired) electrons. The van der Waals surface area contributed by atoms with Gasteiger partial charge in [0.25, 0.3) is 0 Å². The third kappa shape index (κ3) is 0.922. The normalized spacial score (nSPS) is 10.9. The van der Waals surface area contributed by atoms with Crippen LogP contribution in [0.4, 0.5) is 0 Å². The van der Waals surface area contributed by atoms with Gasteiger partial charge in [-0.05, 0) is 12.1 Å². The van der Waals surface area contributed by atoms with Crippen molar-refractivity contribution in [3.05, 3.63) is 36.9 Å². The van der Waals surface area contributed by atoms with Gasteiger partial charge >= 0.3 is 0 Å². The Morgan fingerprint density at radius 3 is 3.07 bits per heavy atom. The van der Waals surface area contributed by atoms with Gasteiger partial charge < -0.3 is 4.98 Å². The fourth-order valence-corrected chi connectivity index (χ4v) is 1.48. The number of rotatable bonds is 1. The van der Waals surface area contributed by atoms with Crippen LogP contribution in [0, 0.1) is 0 Å². The molecule has 68 valence electrons. The first kappa shape index (κ1) is 7.25. The second kappa shape index (κ2) is 2.66. The maximum absolute atomic E-state index is 4.19. The topological polar surface area (TPSA) is 59.4 Å². The Hall–Kier alpha value is -2.17. The SMILES string of the molecule is c1cn(-c2ccnc3[nH]ccc23)nn1. The standard InChI is InChI=1S/C9H7N5/c1-3-10-9-7(1)8(2-4-11-9)14-6-5-12-13-14/h1-6H,(H,10,11). The van der Waals surface area contributed by atoms with Crippen LogP contribution in [-0.2, 0) is 0 Å². The molecule has 0 aliphatic rings. The lowest BCUT2D eigenvalue weighted by atomic mass is 10.3. The van der Waals surface area contributed by atoms with Crippen molar-refractivity contribution in [1.29, 1.82) is 0 Å². The van der Waals surface area contributed by atoms with Gasteiger partial charge in [-0.25, -0.2) is 9.67 Å². The van der Waals surface area contributed by atoms with E-state index < -0.39 is 0 Å². The summed E-state index contributed by atoms with van der Waals surface area (Å²) in [7, 11) is 0. The Bertz CT molecular complexity index is 551. The van der Waals surface area contributed by atoms with Gasteiger partial charge in [-0.15, -0.1) is 5.10 Å². The number of pyridine rings is 1. The summed E-state index contributed by atoms with van der Waals surface area (Å²) < 4.78 is 1.72. The van der Waals surface area contributed by atoms with Crippen LogP contribution in [0.3, 0.4) is 0 Å². The summed E-state index contributed by atoms with van der Waals surface area (Å²) >= 11 is 0. The largest absolute Gasteiger partial charge is 0.346 e. The number of aromatic nitrogens is 5. The molecule has 0 aromatic carbocycles. The molecule has 0 saturated heterocycles. The van der Waals surface area contributed by atoms with Crippen molar-refractivity contribution < 1.29 is 0 Å². The average Bonchev–Trinajstić information content (AvgIpc) is 2.88. The van der Waals surface area contributed by atoms with Crippen LogP contribution >= 0.6 is 0 Å². The molecule has 3 aromatic heterocycles. The molecule has 5 heteroatoms. The molecule has 0 atom stereocenters. The lowest BCUT2D eigenvalue weighted by Gasteiger charge is -2.00. The molecule has 1 N–H and O–H groups in total. The molecular weight excluding hydrogens is 178 g/mol. The smallest absolute Gasteiger partial charge is 0.139 e. The molecule has 0 fully saturated rings. The maximum Gasteiger partial charge on any atom is 0.139 e. The number of H-pyrrole nitrogens is 1. The van der Waals surface area contributed by atoms with Gasteiger partial charge in [0.1, 0.15) is 5.65 Å². The Labute approximate surface area is 79.4 Å². The average molecular weight is 185 g/mol. The van der Waals surface area contributed by atoms with Crippen LogP contribution in [0.1, 0.15) is 0 Å². The van der Waals surface area contributed by atoms with Crippen LogP contribution in [0.5, 0.6) is 0 Å². The zero-order valence-electron chi connectivity index (χ0n) is 7.25. The van der Waals surface area contributed by atoms with Crippen molar-refractivity contribution in [2.45, 2.75) is 0 Å². The quantitative estimate of drug-likeness (QED) is 0.618. The summed E-state index contributed by atoms with van der Waals surface area (Å²) in [6.07, 6.45) is 7.06. The van der Waals surface area contributed by atoms with E-state index in [0.29, 0.717) is 0 Å². The fraction of sp³-hybridized carbons (Fsp3) is 0. The molecule has 0 aliphatic heterocycles. The lowest BCUT2D eigenvalue weighted by molar-refractivity contribution is 0.807. The summed E-state index contributed by atoms with van der Waals surface area (Å²) in [5.74, 6) is 0. The Morgan fingerprint density at radius 1 is 1.21 bits per heavy atom. The van der Waals surface area contributed by atoms with E-state index in [2.05, 4.69) is 20.3 Å². The first-order chi connectivity index (χ1) is 6.95. The van der Waals surface area contributed by atoms with Gasteiger partial charge in [0.2, 0.25) is 0 Å². The predicted octanol–water partition coefficient (Wildman–Crippen LogP) is 1.14. The lowest BCUT2D eigenvalue weighted by Crippen LogP contribution is -1.95. The summed E-state index contributed by atoms with van der Waals surface area (Å²) in [6, 6.07) is 3.88. The van der Waals surface area contributed by atoms with Crippen LogP contribution in [0.2, 0.25) is 0 Å². The van der Waals surface area contributed by atoms with Crippen molar-refractivity contribution in [2.24, 2.45) is 0 Å². The molecule has 0 unspecified atom stereocenters. The molecule has 0 bridgehead atoms. The summed E-state index contributed by atoms with van der Waals surface area (Å²) in [5.41, 5.74) is 1.84. The highest BCUT2D eigenvalue weighted by atomic mass is 15.4. The number of hydrogen-bond acceptors (Lipinski definition) is 3. The molecule has 0 saturated carbocycles. The number of nitrogens with one attached hydrogen (secondary N) is 1. The van der Waals surface area contributed by atoms with Gasteiger partial charge in [-0.3, -0.25) is 0 Å². The monoisotopic (exact) mass is 185 g/mol. The molecule has 3 heterocycles. The van der Waals surface area contributed by atoms with Crippen molar-refractivity contribution in [2.75, 3.05) is 0 Å². The Balaban J connectivity index is 2.36. The molecule has 3 aromatic rings. The van der Waals surface area contributed by atoms with Gasteiger partial charge in [-0.1, -0.05) is 5.21 Å². The van der Waals surface area contributed by atoms with E-state index in [-0.39, 0.29) is 0 Å². The van der Waals surface area contributed by atoms with Crippen LogP contribution < -0.4 is 0 Å². The van der Waals surface area contributed by atoms with E-state index in [9.17, 15) is 0 Å². The van der Waals surface area contributed by atoms with Gasteiger partial charge in [-0.2, -0.15) is 0 Å². The van der Waals surface area contributed by atoms with E-state index in [1.165, 1.54) is 0 Å². The third-order valence-electron chi connectivity index (χ3n) is 2.11. The molecule has 0 aliphatic carbocycles. The number of fused-ring (bicyclic) bond motifs is 1. The number of aromatic amines is 1. The summed E-state index contributed by atoms with van der Waals surface area (Å²) in [6.45, 7) is 0. The number of nitrogens with zero attached hydrogens (tertiary/aromatic N) is 4. The zero-order valence-corrected chi connectivity index (χ0v) is 7.25. The molecule has 5 nitrogen and oxygen atoms in total. The highest BCUT2D eigenvalue weighted by Crippen LogP contribution is 2.17. The Kier molecular flexibility index (Phi) is 1.38. The first-order valence-corrected chi connectivity index (χ1v) is 4.24. The molecule has 0 amide bonds. The fourth-order valence-electron chi connectivity index (χ4n) is 1.48. The predicted molar refractivity (Wildman–Crippen MR) is 51.0 cm³/mol. The first-order valence-electron chi connectivity index (χ1n) is 4.24. The second-order valence-corrected chi connectivity index (χ2v) is 2.92. The zero-order chi connectivity index (χ0) is 9.38. The van der Waals surface area contributed by atoms with Crippen LogP contribution in [0.15, 0.2) is 36.9 Å². The second-order valence-electron chi connectivity index (χ2n) is 2.92. The van der Waals surface area contributed by atoms with Crippen molar-refractivity contribution in [3.8, 4) is 5.69 Å². The van der Waals surface area contributed by atoms with Crippen molar-refractivity contribution >= 4 is 11.0 Å². The van der Waals surface area contributed by atoms with Crippen molar-refractivity contribution in [1.82, 2.24) is 25.0 Å². The van der Waals surface area contributed by atoms with Gasteiger partial charge in [0, 0.05) is 17.8 Å². The van der Waals surface area contributed by atoms with Crippen LogP contribution in [0.25, 0.3) is 16.7 Å². The maximum atomic E-state index is 4.19. The van der Waals surface area contributed by atoms with E-state index >= 15 is 0 Å². The van der Waals surface area contributed by atoms with E-state index in [4.69, 9.17) is 0 Å². The van der Waals surface area contributed by atoms with Gasteiger partial charge in [0.15, 0.2) is 0 Å². The third-order valence-corrected chi connectivity index (χ3v) is 2.11. The molecule has 0 spiro atoms.